The third-order valence-corrected chi connectivity index (χ3v) is 3.75. The number of carbonyl (C=O) groups excluding carboxylic acids is 3. The number of hydrogen-bond donors (Lipinski definition) is 1. The molecule has 1 heterocycles. The number of esters is 1. The van der Waals surface area contributed by atoms with E-state index in [4.69, 9.17) is 4.74 Å². The molecule has 2 rings (SSSR count). The minimum absolute atomic E-state index is 0.197. The number of nitrogens with one attached hydrogen (secondary N) is 1. The fourth-order valence-corrected chi connectivity index (χ4v) is 2.70. The Morgan fingerprint density at radius 2 is 2.08 bits per heavy atom. The Morgan fingerprint density at radius 3 is 2.67 bits per heavy atom. The van der Waals surface area contributed by atoms with Crippen molar-refractivity contribution in [1.82, 2.24) is 10.2 Å². The molecule has 0 aromatic heterocycles. The highest BCUT2D eigenvalue weighted by molar-refractivity contribution is 5.99. The molecule has 2 amide bonds. The molecule has 1 aromatic carbocycles. The van der Waals surface area contributed by atoms with Gasteiger partial charge in [-0.1, -0.05) is 12.1 Å². The van der Waals surface area contributed by atoms with Crippen LogP contribution in [0.25, 0.3) is 0 Å². The Morgan fingerprint density at radius 1 is 1.38 bits per heavy atom. The Balaban J connectivity index is 2.43. The van der Waals surface area contributed by atoms with Crippen LogP contribution in [0, 0.1) is 5.82 Å². The van der Waals surface area contributed by atoms with E-state index in [1.807, 2.05) is 0 Å². The number of allylic oxidation sites excluding steroid dienone is 1. The van der Waals surface area contributed by atoms with Crippen LogP contribution in [0.5, 0.6) is 0 Å². The van der Waals surface area contributed by atoms with E-state index in [2.05, 4.69) is 5.32 Å². The van der Waals surface area contributed by atoms with E-state index in [-0.39, 0.29) is 18.9 Å². The number of urea groups is 1. The topological polar surface area (TPSA) is 75.7 Å². The number of halogens is 1. The molecular weight excluding hydrogens is 315 g/mol. The van der Waals surface area contributed by atoms with Crippen LogP contribution < -0.4 is 5.32 Å². The quantitative estimate of drug-likeness (QED) is 0.839. The second-order valence-electron chi connectivity index (χ2n) is 5.38. The Labute approximate surface area is 139 Å². The first-order valence-electron chi connectivity index (χ1n) is 7.56. The average molecular weight is 334 g/mol. The zero-order valence-corrected chi connectivity index (χ0v) is 13.8. The number of amides is 2. The van der Waals surface area contributed by atoms with Gasteiger partial charge in [0.1, 0.15) is 12.4 Å². The largest absolute Gasteiger partial charge is 0.465 e. The number of ketones is 1. The van der Waals surface area contributed by atoms with E-state index in [9.17, 15) is 18.8 Å². The van der Waals surface area contributed by atoms with Crippen molar-refractivity contribution in [3.05, 3.63) is 46.9 Å². The lowest BCUT2D eigenvalue weighted by atomic mass is 9.92. The van der Waals surface area contributed by atoms with Crippen molar-refractivity contribution < 1.29 is 23.5 Å². The highest BCUT2D eigenvalue weighted by atomic mass is 19.1. The van der Waals surface area contributed by atoms with Crippen LogP contribution in [0.1, 0.15) is 32.4 Å². The summed E-state index contributed by atoms with van der Waals surface area (Å²) in [5, 5.41) is 2.65. The molecule has 0 fully saturated rings. The summed E-state index contributed by atoms with van der Waals surface area (Å²) in [4.78, 5) is 37.3. The molecule has 24 heavy (non-hydrogen) atoms. The molecule has 1 aromatic rings. The molecule has 0 saturated carbocycles. The van der Waals surface area contributed by atoms with Crippen molar-refractivity contribution in [2.45, 2.75) is 26.8 Å². The fraction of sp³-hybridized carbons (Fsp3) is 0.353. The van der Waals surface area contributed by atoms with E-state index in [0.717, 1.165) is 4.90 Å². The standard InChI is InChI=1S/C17H19FN2O4/c1-4-24-14(22)9-20-10(2)15(11(3)21)16(19-17(20)23)12-6-5-7-13(18)8-12/h5-8,16H,4,9H2,1-3H3,(H,19,23)/t16-/m0/s1. The van der Waals surface area contributed by atoms with Crippen LogP contribution >= 0.6 is 0 Å². The van der Waals surface area contributed by atoms with Gasteiger partial charge in [-0.25, -0.2) is 9.18 Å². The van der Waals surface area contributed by atoms with Crippen molar-refractivity contribution >= 4 is 17.8 Å². The number of rotatable bonds is 5. The third kappa shape index (κ3) is 3.61. The van der Waals surface area contributed by atoms with Gasteiger partial charge in [0, 0.05) is 11.3 Å². The lowest BCUT2D eigenvalue weighted by Crippen LogP contribution is -2.49. The molecule has 1 aliphatic rings. The van der Waals surface area contributed by atoms with Crippen molar-refractivity contribution in [2.24, 2.45) is 0 Å². The van der Waals surface area contributed by atoms with Gasteiger partial charge in [-0.05, 0) is 38.5 Å². The monoisotopic (exact) mass is 334 g/mol. The van der Waals surface area contributed by atoms with Crippen LogP contribution in [0.4, 0.5) is 9.18 Å². The predicted octanol–water partition coefficient (Wildman–Crippen LogP) is 2.32. The average Bonchev–Trinajstić information content (AvgIpc) is 2.50. The van der Waals surface area contributed by atoms with Crippen molar-refractivity contribution in [1.29, 1.82) is 0 Å². The zero-order valence-electron chi connectivity index (χ0n) is 13.8. The van der Waals surface area contributed by atoms with Crippen molar-refractivity contribution in [2.75, 3.05) is 13.2 Å². The van der Waals surface area contributed by atoms with Crippen LogP contribution in [0.15, 0.2) is 35.5 Å². The Hall–Kier alpha value is -2.70. The molecule has 0 unspecified atom stereocenters. The molecule has 7 heteroatoms. The summed E-state index contributed by atoms with van der Waals surface area (Å²) in [5.41, 5.74) is 1.13. The van der Waals surface area contributed by atoms with Crippen LogP contribution in [-0.4, -0.2) is 35.8 Å². The van der Waals surface area contributed by atoms with E-state index >= 15 is 0 Å². The molecule has 0 saturated heterocycles. The minimum atomic E-state index is -0.760. The first-order valence-corrected chi connectivity index (χ1v) is 7.56. The van der Waals surface area contributed by atoms with E-state index in [0.29, 0.717) is 16.8 Å². The van der Waals surface area contributed by atoms with Gasteiger partial charge in [-0.15, -0.1) is 0 Å². The number of Topliss-reactive ketones (excluding diaryl/α,β-unsaturated/α-hetero) is 1. The van der Waals surface area contributed by atoms with Gasteiger partial charge in [0.05, 0.1) is 12.6 Å². The van der Waals surface area contributed by atoms with Gasteiger partial charge in [0.25, 0.3) is 0 Å². The molecule has 0 spiro atoms. The predicted molar refractivity (Wildman–Crippen MR) is 84.4 cm³/mol. The van der Waals surface area contributed by atoms with Crippen molar-refractivity contribution in [3.63, 3.8) is 0 Å². The van der Waals surface area contributed by atoms with Gasteiger partial charge in [0.15, 0.2) is 5.78 Å². The SMILES string of the molecule is CCOC(=O)CN1C(=O)N[C@@H](c2cccc(F)c2)C(C(C)=O)=C1C. The Kier molecular flexibility index (Phi) is 5.33. The van der Waals surface area contributed by atoms with Gasteiger partial charge in [-0.2, -0.15) is 0 Å². The normalized spacial score (nSPS) is 17.6. The number of hydrogen-bond acceptors (Lipinski definition) is 4. The van der Waals surface area contributed by atoms with Crippen LogP contribution in [0.3, 0.4) is 0 Å². The number of nitrogens with zero attached hydrogens (tertiary/aromatic N) is 1. The summed E-state index contributed by atoms with van der Waals surface area (Å²) in [6.45, 7) is 4.52. The summed E-state index contributed by atoms with van der Waals surface area (Å²) in [6.07, 6.45) is 0. The minimum Gasteiger partial charge on any atom is -0.465 e. The molecule has 6 nitrogen and oxygen atoms in total. The third-order valence-electron chi connectivity index (χ3n) is 3.75. The summed E-state index contributed by atoms with van der Waals surface area (Å²) >= 11 is 0. The Bertz CT molecular complexity index is 714. The first kappa shape index (κ1) is 17.7. The highest BCUT2D eigenvalue weighted by Gasteiger charge is 2.35. The molecule has 1 aliphatic heterocycles. The molecular formula is C17H19FN2O4. The summed E-state index contributed by atoms with van der Waals surface area (Å²) in [5.74, 6) is -1.30. The van der Waals surface area contributed by atoms with Crippen LogP contribution in [0.2, 0.25) is 0 Å². The van der Waals surface area contributed by atoms with Gasteiger partial charge >= 0.3 is 12.0 Å². The number of carbonyl (C=O) groups is 3. The molecule has 0 radical (unpaired) electrons. The summed E-state index contributed by atoms with van der Waals surface area (Å²) in [7, 11) is 0. The number of benzene rings is 1. The maximum atomic E-state index is 13.5. The lowest BCUT2D eigenvalue weighted by Gasteiger charge is -2.35. The lowest BCUT2D eigenvalue weighted by molar-refractivity contribution is -0.143. The smallest absolute Gasteiger partial charge is 0.326 e. The first-order chi connectivity index (χ1) is 11.3. The summed E-state index contributed by atoms with van der Waals surface area (Å²) < 4.78 is 18.3. The molecule has 0 bridgehead atoms. The van der Waals surface area contributed by atoms with E-state index in [1.165, 1.54) is 25.1 Å². The molecule has 0 aliphatic carbocycles. The van der Waals surface area contributed by atoms with Crippen molar-refractivity contribution in [3.8, 4) is 0 Å². The van der Waals surface area contributed by atoms with Gasteiger partial charge in [-0.3, -0.25) is 14.5 Å². The van der Waals surface area contributed by atoms with Gasteiger partial charge in [0.2, 0.25) is 0 Å². The van der Waals surface area contributed by atoms with Crippen LogP contribution in [-0.2, 0) is 14.3 Å². The maximum Gasteiger partial charge on any atom is 0.326 e. The molecule has 1 atom stereocenters. The molecule has 1 N–H and O–H groups in total. The maximum absolute atomic E-state index is 13.5. The van der Waals surface area contributed by atoms with E-state index < -0.39 is 23.9 Å². The van der Waals surface area contributed by atoms with E-state index in [1.54, 1.807) is 19.9 Å². The van der Waals surface area contributed by atoms with Gasteiger partial charge < -0.3 is 10.1 Å². The zero-order chi connectivity index (χ0) is 17.9. The molecule has 128 valence electrons. The second-order valence-corrected chi connectivity index (χ2v) is 5.38. The number of ether oxygens (including phenoxy) is 1. The summed E-state index contributed by atoms with van der Waals surface area (Å²) in [6, 6.07) is 4.39. The highest BCUT2D eigenvalue weighted by Crippen LogP contribution is 2.31. The fourth-order valence-electron chi connectivity index (χ4n) is 2.70. The second kappa shape index (κ2) is 7.25.